The van der Waals surface area contributed by atoms with E-state index in [0.29, 0.717) is 15.6 Å². The molecule has 0 aromatic carbocycles. The lowest BCUT2D eigenvalue weighted by Gasteiger charge is -2.00. The van der Waals surface area contributed by atoms with Crippen LogP contribution in [0.2, 0.25) is 0 Å². The molecule has 0 unspecified atom stereocenters. The maximum absolute atomic E-state index is 13.2. The zero-order chi connectivity index (χ0) is 15.5. The Bertz CT molecular complexity index is 813. The van der Waals surface area contributed by atoms with Crippen LogP contribution in [0, 0.1) is 0 Å². The third-order valence-corrected chi connectivity index (χ3v) is 4.74. The number of carbonyl (C=O) groups is 1. The van der Waals surface area contributed by atoms with Gasteiger partial charge in [-0.1, -0.05) is 6.58 Å². The largest absolute Gasteiger partial charge is 0.287 e. The number of nitrogens with zero attached hydrogens (tertiary/aromatic N) is 3. The lowest BCUT2D eigenvalue weighted by molar-refractivity contribution is 0.105. The number of aromatic nitrogens is 3. The number of hydrogen-bond acceptors (Lipinski definition) is 6. The zero-order valence-corrected chi connectivity index (χ0v) is 13.0. The van der Waals surface area contributed by atoms with E-state index < -0.39 is 6.67 Å². The Morgan fingerprint density at radius 3 is 2.91 bits per heavy atom. The normalized spacial score (nSPS) is 10.6. The van der Waals surface area contributed by atoms with E-state index in [2.05, 4.69) is 21.5 Å². The van der Waals surface area contributed by atoms with E-state index in [1.165, 1.54) is 22.7 Å². The number of ketones is 1. The van der Waals surface area contributed by atoms with Crippen molar-refractivity contribution in [2.75, 3.05) is 0 Å². The Balaban J connectivity index is 1.98. The highest BCUT2D eigenvalue weighted by atomic mass is 32.1. The minimum Gasteiger partial charge on any atom is -0.287 e. The highest BCUT2D eigenvalue weighted by Crippen LogP contribution is 2.33. The molecule has 0 bridgehead atoms. The van der Waals surface area contributed by atoms with Gasteiger partial charge in [-0.2, -0.15) is 0 Å². The smallest absolute Gasteiger partial charge is 0.213 e. The molecule has 3 aromatic heterocycles. The molecule has 22 heavy (non-hydrogen) atoms. The third kappa shape index (κ3) is 2.72. The van der Waals surface area contributed by atoms with E-state index in [4.69, 9.17) is 0 Å². The van der Waals surface area contributed by atoms with E-state index in [-0.39, 0.29) is 17.1 Å². The van der Waals surface area contributed by atoms with Gasteiger partial charge in [-0.15, -0.1) is 22.7 Å². The second-order valence-electron chi connectivity index (χ2n) is 4.35. The summed E-state index contributed by atoms with van der Waals surface area (Å²) in [7, 11) is 0. The van der Waals surface area contributed by atoms with Crippen molar-refractivity contribution in [3.63, 3.8) is 0 Å². The minimum absolute atomic E-state index is 0.214. The molecule has 3 aromatic rings. The molecule has 0 saturated carbocycles. The van der Waals surface area contributed by atoms with Crippen molar-refractivity contribution < 1.29 is 9.18 Å². The first kappa shape index (κ1) is 14.7. The van der Waals surface area contributed by atoms with Crippen molar-refractivity contribution in [1.82, 2.24) is 15.0 Å². The number of allylic oxidation sites excluding steroid dienone is 1. The Morgan fingerprint density at radius 1 is 1.41 bits per heavy atom. The van der Waals surface area contributed by atoms with Gasteiger partial charge < -0.3 is 0 Å². The molecule has 4 nitrogen and oxygen atoms in total. The van der Waals surface area contributed by atoms with Crippen LogP contribution in [0.25, 0.3) is 16.1 Å². The molecule has 0 amide bonds. The predicted molar refractivity (Wildman–Crippen MR) is 85.6 cm³/mol. The topological polar surface area (TPSA) is 55.7 Å². The predicted octanol–water partition coefficient (Wildman–Crippen LogP) is 4.03. The quantitative estimate of drug-likeness (QED) is 0.523. The molecule has 0 fully saturated rings. The number of alkyl halides is 1. The number of hydrogen-bond donors (Lipinski definition) is 0. The van der Waals surface area contributed by atoms with E-state index in [9.17, 15) is 9.18 Å². The Morgan fingerprint density at radius 2 is 2.27 bits per heavy atom. The fourth-order valence-corrected chi connectivity index (χ4v) is 3.43. The molecule has 0 aliphatic heterocycles. The lowest BCUT2D eigenvalue weighted by atomic mass is 10.1. The number of thiazole rings is 2. The SMILES string of the molecule is C=C(C(=O)c1cscn1)c1sc(-c2cccnc2)nc1CF. The van der Waals surface area contributed by atoms with Crippen molar-refractivity contribution in [2.24, 2.45) is 0 Å². The first-order valence-corrected chi connectivity index (χ1v) is 8.05. The Labute approximate surface area is 134 Å². The average molecular weight is 331 g/mol. The van der Waals surface area contributed by atoms with Gasteiger partial charge in [-0.3, -0.25) is 9.78 Å². The van der Waals surface area contributed by atoms with E-state index in [0.717, 1.165) is 5.56 Å². The van der Waals surface area contributed by atoms with Crippen LogP contribution in [0.3, 0.4) is 0 Å². The monoisotopic (exact) mass is 331 g/mol. The summed E-state index contributed by atoms with van der Waals surface area (Å²) in [5.41, 5.74) is 3.10. The van der Waals surface area contributed by atoms with E-state index in [1.807, 2.05) is 6.07 Å². The van der Waals surface area contributed by atoms with Crippen LogP contribution in [0.5, 0.6) is 0 Å². The molecule has 0 aliphatic rings. The molecule has 3 heterocycles. The molecular formula is C15H10FN3OS2. The van der Waals surface area contributed by atoms with E-state index >= 15 is 0 Å². The van der Waals surface area contributed by atoms with Gasteiger partial charge in [0, 0.05) is 28.9 Å². The summed E-state index contributed by atoms with van der Waals surface area (Å²) in [5, 5.41) is 2.26. The molecule has 110 valence electrons. The van der Waals surface area contributed by atoms with Gasteiger partial charge in [0.05, 0.1) is 16.1 Å². The summed E-state index contributed by atoms with van der Waals surface area (Å²) >= 11 is 2.56. The van der Waals surface area contributed by atoms with Crippen LogP contribution in [0.15, 0.2) is 42.0 Å². The molecule has 0 atom stereocenters. The number of carbonyl (C=O) groups excluding carboxylic acids is 1. The van der Waals surface area contributed by atoms with E-state index in [1.54, 1.807) is 29.4 Å². The van der Waals surface area contributed by atoms with Gasteiger partial charge in [0.15, 0.2) is 0 Å². The highest BCUT2D eigenvalue weighted by Gasteiger charge is 2.21. The van der Waals surface area contributed by atoms with Gasteiger partial charge in [-0.05, 0) is 12.1 Å². The van der Waals surface area contributed by atoms with Gasteiger partial charge in [-0.25, -0.2) is 14.4 Å². The molecule has 0 radical (unpaired) electrons. The van der Waals surface area contributed by atoms with Crippen molar-refractivity contribution in [3.8, 4) is 10.6 Å². The molecule has 7 heteroatoms. The summed E-state index contributed by atoms with van der Waals surface area (Å²) < 4.78 is 13.2. The van der Waals surface area contributed by atoms with Gasteiger partial charge in [0.1, 0.15) is 17.4 Å². The second-order valence-corrected chi connectivity index (χ2v) is 6.07. The first-order chi connectivity index (χ1) is 10.7. The molecule has 0 spiro atoms. The summed E-state index contributed by atoms with van der Waals surface area (Å²) in [5.74, 6) is -0.308. The Kier molecular flexibility index (Phi) is 4.17. The van der Waals surface area contributed by atoms with Crippen LogP contribution < -0.4 is 0 Å². The van der Waals surface area contributed by atoms with Crippen LogP contribution >= 0.6 is 22.7 Å². The molecule has 0 saturated heterocycles. The molecule has 0 aliphatic carbocycles. The number of Topliss-reactive ketones (excluding diaryl/α,β-unsaturated/α-hetero) is 1. The van der Waals surface area contributed by atoms with Crippen molar-refractivity contribution in [1.29, 1.82) is 0 Å². The highest BCUT2D eigenvalue weighted by molar-refractivity contribution is 7.16. The molecule has 0 N–H and O–H groups in total. The summed E-state index contributed by atoms with van der Waals surface area (Å²) in [6, 6.07) is 3.61. The van der Waals surface area contributed by atoms with Crippen molar-refractivity contribution >= 4 is 34.0 Å². The number of halogens is 1. The third-order valence-electron chi connectivity index (χ3n) is 2.95. The first-order valence-electron chi connectivity index (χ1n) is 6.29. The van der Waals surface area contributed by atoms with Crippen LogP contribution in [-0.4, -0.2) is 20.7 Å². The van der Waals surface area contributed by atoms with Gasteiger partial charge in [0.25, 0.3) is 0 Å². The van der Waals surface area contributed by atoms with Crippen molar-refractivity contribution in [3.05, 3.63) is 58.3 Å². The maximum Gasteiger partial charge on any atom is 0.213 e. The number of rotatable bonds is 5. The molecular weight excluding hydrogens is 321 g/mol. The minimum atomic E-state index is -0.755. The zero-order valence-electron chi connectivity index (χ0n) is 11.3. The van der Waals surface area contributed by atoms with Crippen molar-refractivity contribution in [2.45, 2.75) is 6.67 Å². The van der Waals surface area contributed by atoms with Crippen LogP contribution in [0.4, 0.5) is 4.39 Å². The summed E-state index contributed by atoms with van der Waals surface area (Å²) in [4.78, 5) is 25.0. The Hall–Kier alpha value is -2.25. The summed E-state index contributed by atoms with van der Waals surface area (Å²) in [6.07, 6.45) is 3.30. The van der Waals surface area contributed by atoms with Gasteiger partial charge in [0.2, 0.25) is 5.78 Å². The van der Waals surface area contributed by atoms with Gasteiger partial charge >= 0.3 is 0 Å². The fourth-order valence-electron chi connectivity index (χ4n) is 1.87. The number of pyridine rings is 1. The van der Waals surface area contributed by atoms with Crippen LogP contribution in [-0.2, 0) is 6.67 Å². The van der Waals surface area contributed by atoms with Crippen LogP contribution in [0.1, 0.15) is 21.1 Å². The average Bonchev–Trinajstić information content (AvgIpc) is 3.23. The second kappa shape index (κ2) is 6.25. The maximum atomic E-state index is 13.2. The molecule has 3 rings (SSSR count). The standard InChI is InChI=1S/C15H10FN3OS2/c1-9(13(20)12-7-21-8-18-12)14-11(5-16)19-15(22-14)10-3-2-4-17-6-10/h2-4,6-8H,1,5H2. The lowest BCUT2D eigenvalue weighted by Crippen LogP contribution is -2.02. The fraction of sp³-hybridized carbons (Fsp3) is 0.0667. The summed E-state index contributed by atoms with van der Waals surface area (Å²) in [6.45, 7) is 3.05.